The van der Waals surface area contributed by atoms with Crippen molar-refractivity contribution in [3.8, 4) is 11.1 Å². The van der Waals surface area contributed by atoms with Crippen LogP contribution in [-0.2, 0) is 4.74 Å². The van der Waals surface area contributed by atoms with Crippen molar-refractivity contribution < 1.29 is 9.53 Å². The molecular weight excluding hydrogens is 374 g/mol. The number of carbonyl (C=O) groups excluding carboxylic acids is 1. The third-order valence-corrected chi connectivity index (χ3v) is 5.30. The Hall–Kier alpha value is -3.60. The van der Waals surface area contributed by atoms with Crippen LogP contribution in [0.2, 0.25) is 0 Å². The Morgan fingerprint density at radius 3 is 2.43 bits per heavy atom. The lowest BCUT2D eigenvalue weighted by molar-refractivity contribution is 0.143. The number of benzene rings is 2. The Morgan fingerprint density at radius 2 is 1.73 bits per heavy atom. The van der Waals surface area contributed by atoms with E-state index in [0.717, 1.165) is 11.4 Å². The van der Waals surface area contributed by atoms with Crippen molar-refractivity contribution in [1.82, 2.24) is 10.3 Å². The molecule has 0 atom stereocenters. The van der Waals surface area contributed by atoms with E-state index in [4.69, 9.17) is 10.5 Å². The molecule has 5 heteroatoms. The molecule has 1 aromatic heterocycles. The summed E-state index contributed by atoms with van der Waals surface area (Å²) in [6.45, 7) is 2.73. The van der Waals surface area contributed by atoms with E-state index in [1.54, 1.807) is 0 Å². The standard InChI is InChI=1S/C25H25N3O2/c1-17-13-14-23(26)24(28-17)12-6-7-15-27-25(29)30-16-22-20-10-4-2-8-18(20)19-9-3-5-11-21(19)22/h2-6,8-14,22H,7,15-16,26H2,1H3,(H,27,29). The zero-order chi connectivity index (χ0) is 20.9. The predicted molar refractivity (Wildman–Crippen MR) is 120 cm³/mol. The summed E-state index contributed by atoms with van der Waals surface area (Å²) in [6.07, 6.45) is 4.08. The van der Waals surface area contributed by atoms with E-state index in [2.05, 4.69) is 34.6 Å². The molecule has 2 aromatic carbocycles. The quantitative estimate of drug-likeness (QED) is 0.577. The van der Waals surface area contributed by atoms with Crippen molar-refractivity contribution in [2.45, 2.75) is 19.3 Å². The van der Waals surface area contributed by atoms with Crippen molar-refractivity contribution in [1.29, 1.82) is 0 Å². The van der Waals surface area contributed by atoms with E-state index in [1.165, 1.54) is 22.3 Å². The Bertz CT molecular complexity index is 1050. The van der Waals surface area contributed by atoms with Crippen LogP contribution in [0.15, 0.2) is 66.7 Å². The molecule has 3 aromatic rings. The molecular formula is C25H25N3O2. The van der Waals surface area contributed by atoms with E-state index in [0.29, 0.717) is 25.3 Å². The van der Waals surface area contributed by atoms with Gasteiger partial charge >= 0.3 is 6.09 Å². The van der Waals surface area contributed by atoms with Gasteiger partial charge in [-0.15, -0.1) is 0 Å². The van der Waals surface area contributed by atoms with Gasteiger partial charge in [-0.25, -0.2) is 4.79 Å². The Kier molecular flexibility index (Phi) is 5.80. The van der Waals surface area contributed by atoms with Crippen LogP contribution in [-0.4, -0.2) is 24.2 Å². The molecule has 1 amide bonds. The summed E-state index contributed by atoms with van der Waals surface area (Å²) in [4.78, 5) is 16.6. The largest absolute Gasteiger partial charge is 0.449 e. The maximum absolute atomic E-state index is 12.2. The molecule has 0 saturated heterocycles. The normalized spacial score (nSPS) is 12.6. The van der Waals surface area contributed by atoms with Crippen molar-refractivity contribution in [3.63, 3.8) is 0 Å². The van der Waals surface area contributed by atoms with Gasteiger partial charge in [0.15, 0.2) is 0 Å². The molecule has 0 aliphatic heterocycles. The monoisotopic (exact) mass is 399 g/mol. The molecule has 1 aliphatic rings. The number of pyridine rings is 1. The van der Waals surface area contributed by atoms with Crippen molar-refractivity contribution in [3.05, 3.63) is 89.3 Å². The molecule has 1 heterocycles. The van der Waals surface area contributed by atoms with E-state index in [1.807, 2.05) is 55.5 Å². The first-order valence-corrected chi connectivity index (χ1v) is 10.1. The van der Waals surface area contributed by atoms with Crippen LogP contribution in [0.3, 0.4) is 0 Å². The molecule has 4 rings (SSSR count). The fraction of sp³-hybridized carbons (Fsp3) is 0.200. The first-order chi connectivity index (χ1) is 14.6. The van der Waals surface area contributed by atoms with Crippen LogP contribution in [0.4, 0.5) is 10.5 Å². The highest BCUT2D eigenvalue weighted by Crippen LogP contribution is 2.44. The summed E-state index contributed by atoms with van der Waals surface area (Å²) in [5.41, 5.74) is 13.1. The summed E-state index contributed by atoms with van der Waals surface area (Å²) in [5, 5.41) is 2.80. The van der Waals surface area contributed by atoms with Gasteiger partial charge in [-0.1, -0.05) is 54.6 Å². The van der Waals surface area contributed by atoms with Crippen molar-refractivity contribution in [2.24, 2.45) is 0 Å². The molecule has 30 heavy (non-hydrogen) atoms. The maximum Gasteiger partial charge on any atom is 0.407 e. The number of aromatic nitrogens is 1. The zero-order valence-corrected chi connectivity index (χ0v) is 17.0. The van der Waals surface area contributed by atoms with Crippen LogP contribution in [0.25, 0.3) is 17.2 Å². The number of nitrogen functional groups attached to an aromatic ring is 1. The van der Waals surface area contributed by atoms with E-state index < -0.39 is 6.09 Å². The highest BCUT2D eigenvalue weighted by molar-refractivity contribution is 5.79. The smallest absolute Gasteiger partial charge is 0.407 e. The first kappa shape index (κ1) is 19.7. The van der Waals surface area contributed by atoms with Gasteiger partial charge < -0.3 is 15.8 Å². The number of amides is 1. The second-order valence-corrected chi connectivity index (χ2v) is 7.37. The number of nitrogens with zero attached hydrogens (tertiary/aromatic N) is 1. The molecule has 0 bridgehead atoms. The number of hydrogen-bond acceptors (Lipinski definition) is 4. The summed E-state index contributed by atoms with van der Waals surface area (Å²) >= 11 is 0. The lowest BCUT2D eigenvalue weighted by Gasteiger charge is -2.14. The van der Waals surface area contributed by atoms with Gasteiger partial charge in [0.2, 0.25) is 0 Å². The van der Waals surface area contributed by atoms with Crippen molar-refractivity contribution in [2.75, 3.05) is 18.9 Å². The van der Waals surface area contributed by atoms with Crippen molar-refractivity contribution >= 4 is 17.9 Å². The second-order valence-electron chi connectivity index (χ2n) is 7.37. The van der Waals surface area contributed by atoms with E-state index >= 15 is 0 Å². The van der Waals surface area contributed by atoms with Crippen LogP contribution >= 0.6 is 0 Å². The third kappa shape index (κ3) is 4.20. The van der Waals surface area contributed by atoms with Crippen LogP contribution in [0.1, 0.15) is 34.9 Å². The van der Waals surface area contributed by atoms with Crippen LogP contribution in [0, 0.1) is 6.92 Å². The number of ether oxygens (including phenoxy) is 1. The van der Waals surface area contributed by atoms with Gasteiger partial charge in [-0.2, -0.15) is 0 Å². The maximum atomic E-state index is 12.2. The lowest BCUT2D eigenvalue weighted by atomic mass is 9.98. The van der Waals surface area contributed by atoms with E-state index in [-0.39, 0.29) is 5.92 Å². The highest BCUT2D eigenvalue weighted by atomic mass is 16.5. The van der Waals surface area contributed by atoms with Gasteiger partial charge in [-0.3, -0.25) is 4.98 Å². The minimum absolute atomic E-state index is 0.0680. The number of alkyl carbamates (subject to hydrolysis) is 1. The van der Waals surface area contributed by atoms with Gasteiger partial charge in [0.25, 0.3) is 0 Å². The van der Waals surface area contributed by atoms with Gasteiger partial charge in [0, 0.05) is 18.2 Å². The molecule has 3 N–H and O–H groups in total. The predicted octanol–water partition coefficient (Wildman–Crippen LogP) is 4.91. The summed E-state index contributed by atoms with van der Waals surface area (Å²) in [6, 6.07) is 20.3. The fourth-order valence-corrected chi connectivity index (χ4v) is 3.82. The first-order valence-electron chi connectivity index (χ1n) is 10.1. The lowest BCUT2D eigenvalue weighted by Crippen LogP contribution is -2.26. The van der Waals surface area contributed by atoms with Gasteiger partial charge in [0.05, 0.1) is 11.4 Å². The number of aryl methyl sites for hydroxylation is 1. The van der Waals surface area contributed by atoms with Crippen LogP contribution < -0.4 is 11.1 Å². The molecule has 0 spiro atoms. The van der Waals surface area contributed by atoms with Crippen LogP contribution in [0.5, 0.6) is 0 Å². The molecule has 0 fully saturated rings. The molecule has 0 radical (unpaired) electrons. The summed E-state index contributed by atoms with van der Waals surface area (Å²) < 4.78 is 5.53. The average molecular weight is 399 g/mol. The highest BCUT2D eigenvalue weighted by Gasteiger charge is 2.28. The minimum Gasteiger partial charge on any atom is -0.449 e. The number of hydrogen-bond donors (Lipinski definition) is 2. The Morgan fingerprint density at radius 1 is 1.07 bits per heavy atom. The zero-order valence-electron chi connectivity index (χ0n) is 17.0. The second kappa shape index (κ2) is 8.82. The van der Waals surface area contributed by atoms with E-state index in [9.17, 15) is 4.79 Å². The SMILES string of the molecule is Cc1ccc(N)c(C=CCCNC(=O)OCC2c3ccccc3-c3ccccc32)n1. The number of anilines is 1. The van der Waals surface area contributed by atoms with Gasteiger partial charge in [0.1, 0.15) is 6.61 Å². The number of carbonyl (C=O) groups is 1. The topological polar surface area (TPSA) is 77.2 Å². The molecule has 0 unspecified atom stereocenters. The molecule has 0 saturated carbocycles. The van der Waals surface area contributed by atoms with Gasteiger partial charge in [-0.05, 0) is 53.8 Å². The minimum atomic E-state index is -0.404. The summed E-state index contributed by atoms with van der Waals surface area (Å²) in [7, 11) is 0. The third-order valence-electron chi connectivity index (χ3n) is 5.30. The number of fused-ring (bicyclic) bond motifs is 3. The fourth-order valence-electron chi connectivity index (χ4n) is 3.82. The number of nitrogens with two attached hydrogens (primary N) is 1. The molecule has 1 aliphatic carbocycles. The molecule has 5 nitrogen and oxygen atoms in total. The number of rotatable bonds is 6. The Balaban J connectivity index is 1.28. The Labute approximate surface area is 176 Å². The molecule has 152 valence electrons. The average Bonchev–Trinajstić information content (AvgIpc) is 3.08. The number of nitrogens with one attached hydrogen (secondary N) is 1. The summed E-state index contributed by atoms with van der Waals surface area (Å²) in [5.74, 6) is 0.0680.